The molecular formula is C17H28N4O3S. The van der Waals surface area contributed by atoms with E-state index in [-0.39, 0.29) is 11.9 Å². The van der Waals surface area contributed by atoms with Gasteiger partial charge in [0.2, 0.25) is 10.0 Å². The van der Waals surface area contributed by atoms with Crippen molar-refractivity contribution in [2.75, 3.05) is 26.7 Å². The molecule has 3 N–H and O–H groups in total. The van der Waals surface area contributed by atoms with Gasteiger partial charge in [0, 0.05) is 19.7 Å². The zero-order chi connectivity index (χ0) is 18.1. The quantitative estimate of drug-likeness (QED) is 0.470. The van der Waals surface area contributed by atoms with Crippen LogP contribution in [-0.4, -0.2) is 47.2 Å². The third-order valence-corrected chi connectivity index (χ3v) is 5.28. The molecule has 1 aromatic carbocycles. The highest BCUT2D eigenvalue weighted by Gasteiger charge is 2.15. The zero-order valence-electron chi connectivity index (χ0n) is 14.9. The van der Waals surface area contributed by atoms with Crippen LogP contribution >= 0.6 is 0 Å². The molecular weight excluding hydrogens is 340 g/mol. The number of sulfonamides is 1. The van der Waals surface area contributed by atoms with Crippen LogP contribution in [0.5, 0.6) is 0 Å². The van der Waals surface area contributed by atoms with Crippen LogP contribution in [0.2, 0.25) is 0 Å². The number of benzene rings is 1. The minimum atomic E-state index is -3.27. The van der Waals surface area contributed by atoms with Crippen LogP contribution in [0.25, 0.3) is 0 Å². The third-order valence-electron chi connectivity index (χ3n) is 3.94. The summed E-state index contributed by atoms with van der Waals surface area (Å²) >= 11 is 0. The van der Waals surface area contributed by atoms with Crippen molar-refractivity contribution in [3.63, 3.8) is 0 Å². The summed E-state index contributed by atoms with van der Waals surface area (Å²) in [6.07, 6.45) is 2.44. The summed E-state index contributed by atoms with van der Waals surface area (Å²) in [5.74, 6) is 0.713. The lowest BCUT2D eigenvalue weighted by Gasteiger charge is -2.14. The number of hydrogen-bond acceptors (Lipinski definition) is 4. The van der Waals surface area contributed by atoms with Gasteiger partial charge in [0.1, 0.15) is 0 Å². The first-order valence-electron chi connectivity index (χ1n) is 8.65. The monoisotopic (exact) mass is 368 g/mol. The molecule has 25 heavy (non-hydrogen) atoms. The molecule has 1 aromatic rings. The molecule has 0 spiro atoms. The minimum Gasteiger partial charge on any atom is -0.376 e. The molecule has 0 amide bonds. The molecule has 7 nitrogen and oxygen atoms in total. The molecule has 0 saturated carbocycles. The van der Waals surface area contributed by atoms with Gasteiger partial charge in [0.15, 0.2) is 5.96 Å². The lowest BCUT2D eigenvalue weighted by Crippen LogP contribution is -2.41. The van der Waals surface area contributed by atoms with Crippen molar-refractivity contribution < 1.29 is 13.2 Å². The van der Waals surface area contributed by atoms with E-state index in [1.54, 1.807) is 0 Å². The minimum absolute atomic E-state index is 0.0294. The topological polar surface area (TPSA) is 91.8 Å². The molecule has 140 valence electrons. The molecule has 0 aromatic heterocycles. The van der Waals surface area contributed by atoms with E-state index >= 15 is 0 Å². The number of ether oxygens (including phenoxy) is 1. The first-order valence-corrected chi connectivity index (χ1v) is 10.3. The molecule has 1 heterocycles. The number of aliphatic imine (C=N–C) groups is 1. The van der Waals surface area contributed by atoms with Crippen molar-refractivity contribution in [2.24, 2.45) is 4.99 Å². The molecule has 1 atom stereocenters. The Morgan fingerprint density at radius 3 is 2.80 bits per heavy atom. The Balaban J connectivity index is 1.96. The normalized spacial score (nSPS) is 18.3. The maximum atomic E-state index is 11.7. The maximum absolute atomic E-state index is 11.7. The Morgan fingerprint density at radius 1 is 1.32 bits per heavy atom. The summed E-state index contributed by atoms with van der Waals surface area (Å²) in [7, 11) is -1.85. The molecule has 1 aliphatic rings. The summed E-state index contributed by atoms with van der Waals surface area (Å²) in [5, 5.41) is 6.52. The molecule has 1 unspecified atom stereocenters. The second-order valence-corrected chi connectivity index (χ2v) is 7.92. The van der Waals surface area contributed by atoms with Gasteiger partial charge in [-0.25, -0.2) is 18.1 Å². The van der Waals surface area contributed by atoms with Gasteiger partial charge >= 0.3 is 0 Å². The average Bonchev–Trinajstić information content (AvgIpc) is 3.11. The molecule has 1 aliphatic heterocycles. The maximum Gasteiger partial charge on any atom is 0.215 e. The third kappa shape index (κ3) is 7.01. The van der Waals surface area contributed by atoms with Gasteiger partial charge in [0.05, 0.1) is 18.4 Å². The van der Waals surface area contributed by atoms with E-state index < -0.39 is 10.0 Å². The Labute approximate surface area is 150 Å². The van der Waals surface area contributed by atoms with Gasteiger partial charge in [-0.3, -0.25) is 0 Å². The van der Waals surface area contributed by atoms with Crippen LogP contribution in [0.1, 0.15) is 30.9 Å². The standard InChI is InChI=1S/C17H28N4O3S/c1-3-19-17(21-12-16-8-5-9-24-16)20-11-14-6-4-7-15(10-14)13-25(22,23)18-2/h4,6-7,10,16,18H,3,5,8-9,11-13H2,1-2H3,(H2,19,20,21). The van der Waals surface area contributed by atoms with Crippen molar-refractivity contribution in [1.82, 2.24) is 15.4 Å². The SMILES string of the molecule is CCNC(=NCc1cccc(CS(=O)(=O)NC)c1)NCC1CCCO1. The number of guanidine groups is 1. The van der Waals surface area contributed by atoms with Crippen LogP contribution in [0, 0.1) is 0 Å². The van der Waals surface area contributed by atoms with E-state index in [4.69, 9.17) is 4.74 Å². The highest BCUT2D eigenvalue weighted by molar-refractivity contribution is 7.88. The van der Waals surface area contributed by atoms with Gasteiger partial charge in [-0.2, -0.15) is 0 Å². The largest absolute Gasteiger partial charge is 0.376 e. The van der Waals surface area contributed by atoms with Gasteiger partial charge in [-0.15, -0.1) is 0 Å². The lowest BCUT2D eigenvalue weighted by molar-refractivity contribution is 0.114. The van der Waals surface area contributed by atoms with E-state index in [9.17, 15) is 8.42 Å². The predicted molar refractivity (Wildman–Crippen MR) is 99.9 cm³/mol. The van der Waals surface area contributed by atoms with Gasteiger partial charge < -0.3 is 15.4 Å². The van der Waals surface area contributed by atoms with Crippen LogP contribution in [0.15, 0.2) is 29.3 Å². The van der Waals surface area contributed by atoms with Crippen molar-refractivity contribution in [2.45, 2.75) is 38.2 Å². The molecule has 2 rings (SSSR count). The van der Waals surface area contributed by atoms with Crippen LogP contribution in [0.3, 0.4) is 0 Å². The van der Waals surface area contributed by atoms with Gasteiger partial charge in [-0.05, 0) is 37.9 Å². The summed E-state index contributed by atoms with van der Waals surface area (Å²) in [6.45, 7) is 4.85. The van der Waals surface area contributed by atoms with Crippen molar-refractivity contribution in [1.29, 1.82) is 0 Å². The lowest BCUT2D eigenvalue weighted by atomic mass is 10.1. The molecule has 0 aliphatic carbocycles. The molecule has 1 fully saturated rings. The Morgan fingerprint density at radius 2 is 2.12 bits per heavy atom. The fraction of sp³-hybridized carbons (Fsp3) is 0.588. The molecule has 1 saturated heterocycles. The summed E-state index contributed by atoms with van der Waals surface area (Å²) in [4.78, 5) is 4.58. The predicted octanol–water partition coefficient (Wildman–Crippen LogP) is 0.970. The van der Waals surface area contributed by atoms with Gasteiger partial charge in [0.25, 0.3) is 0 Å². The second kappa shape index (κ2) is 9.74. The molecule has 0 radical (unpaired) electrons. The highest BCUT2D eigenvalue weighted by Crippen LogP contribution is 2.11. The van der Waals surface area contributed by atoms with Crippen LogP contribution in [-0.2, 0) is 27.1 Å². The fourth-order valence-electron chi connectivity index (χ4n) is 2.64. The number of nitrogens with one attached hydrogen (secondary N) is 3. The van der Waals surface area contributed by atoms with E-state index in [2.05, 4.69) is 20.3 Å². The second-order valence-electron chi connectivity index (χ2n) is 5.99. The van der Waals surface area contributed by atoms with E-state index in [0.717, 1.165) is 49.6 Å². The molecule has 8 heteroatoms. The summed E-state index contributed by atoms with van der Waals surface area (Å²) in [5.41, 5.74) is 1.72. The zero-order valence-corrected chi connectivity index (χ0v) is 15.7. The first-order chi connectivity index (χ1) is 12.0. The molecule has 0 bridgehead atoms. The smallest absolute Gasteiger partial charge is 0.215 e. The highest BCUT2D eigenvalue weighted by atomic mass is 32.2. The summed E-state index contributed by atoms with van der Waals surface area (Å²) in [6, 6.07) is 7.49. The number of nitrogens with zero attached hydrogens (tertiary/aromatic N) is 1. The number of hydrogen-bond donors (Lipinski definition) is 3. The average molecular weight is 369 g/mol. The Hall–Kier alpha value is -1.64. The van der Waals surface area contributed by atoms with E-state index in [0.29, 0.717) is 6.54 Å². The van der Waals surface area contributed by atoms with E-state index in [1.165, 1.54) is 7.05 Å². The van der Waals surface area contributed by atoms with Crippen molar-refractivity contribution in [3.8, 4) is 0 Å². The first kappa shape index (κ1) is 19.7. The van der Waals surface area contributed by atoms with Crippen molar-refractivity contribution >= 4 is 16.0 Å². The summed E-state index contributed by atoms with van der Waals surface area (Å²) < 4.78 is 31.3. The fourth-order valence-corrected chi connectivity index (χ4v) is 3.40. The Bertz CT molecular complexity index is 670. The van der Waals surface area contributed by atoms with Gasteiger partial charge in [-0.1, -0.05) is 24.3 Å². The van der Waals surface area contributed by atoms with Crippen molar-refractivity contribution in [3.05, 3.63) is 35.4 Å². The van der Waals surface area contributed by atoms with Crippen LogP contribution < -0.4 is 15.4 Å². The van der Waals surface area contributed by atoms with Crippen LogP contribution in [0.4, 0.5) is 0 Å². The number of rotatable bonds is 8. The Kier molecular flexibility index (Phi) is 7.67. The van der Waals surface area contributed by atoms with E-state index in [1.807, 2.05) is 31.2 Å².